The molecule has 19 heavy (non-hydrogen) atoms. The summed E-state index contributed by atoms with van der Waals surface area (Å²) in [5, 5.41) is 5.64. The van der Waals surface area contributed by atoms with Crippen molar-refractivity contribution < 1.29 is 4.79 Å². The van der Waals surface area contributed by atoms with Gasteiger partial charge in [0.15, 0.2) is 0 Å². The van der Waals surface area contributed by atoms with E-state index in [1.54, 1.807) is 0 Å². The van der Waals surface area contributed by atoms with Gasteiger partial charge in [0.1, 0.15) is 0 Å². The average Bonchev–Trinajstić information content (AvgIpc) is 2.30. The normalized spacial score (nSPS) is 10.1. The van der Waals surface area contributed by atoms with Gasteiger partial charge in [-0.1, -0.05) is 23.8 Å². The Labute approximate surface area is 113 Å². The zero-order valence-electron chi connectivity index (χ0n) is 11.4. The third kappa shape index (κ3) is 3.85. The number of aryl methyl sites for hydroxylation is 3. The number of amides is 2. The Kier molecular flexibility index (Phi) is 3.85. The predicted octanol–water partition coefficient (Wildman–Crippen LogP) is 4.26. The summed E-state index contributed by atoms with van der Waals surface area (Å²) >= 11 is 0. The lowest BCUT2D eigenvalue weighted by molar-refractivity contribution is 0.262. The van der Waals surface area contributed by atoms with E-state index in [-0.39, 0.29) is 6.03 Å². The second-order valence-electron chi connectivity index (χ2n) is 4.82. The van der Waals surface area contributed by atoms with Gasteiger partial charge in [0, 0.05) is 11.4 Å². The number of carbonyl (C=O) groups is 1. The van der Waals surface area contributed by atoms with Crippen molar-refractivity contribution in [3.8, 4) is 0 Å². The van der Waals surface area contributed by atoms with Crippen LogP contribution in [0.4, 0.5) is 16.2 Å². The third-order valence-corrected chi connectivity index (χ3v) is 2.79. The van der Waals surface area contributed by atoms with Gasteiger partial charge in [0.2, 0.25) is 0 Å². The largest absolute Gasteiger partial charge is 0.323 e. The molecule has 2 aromatic carbocycles. The van der Waals surface area contributed by atoms with Crippen LogP contribution in [0.2, 0.25) is 0 Å². The van der Waals surface area contributed by atoms with Crippen molar-refractivity contribution in [1.82, 2.24) is 0 Å². The highest BCUT2D eigenvalue weighted by molar-refractivity contribution is 5.99. The van der Waals surface area contributed by atoms with E-state index < -0.39 is 0 Å². The summed E-state index contributed by atoms with van der Waals surface area (Å²) in [7, 11) is 0. The predicted molar refractivity (Wildman–Crippen MR) is 79.7 cm³/mol. The molecule has 0 aliphatic carbocycles. The highest BCUT2D eigenvalue weighted by atomic mass is 16.2. The monoisotopic (exact) mass is 254 g/mol. The zero-order valence-corrected chi connectivity index (χ0v) is 11.4. The maximum atomic E-state index is 11.9. The van der Waals surface area contributed by atoms with Crippen LogP contribution in [0.3, 0.4) is 0 Å². The van der Waals surface area contributed by atoms with Crippen LogP contribution in [0, 0.1) is 20.8 Å². The van der Waals surface area contributed by atoms with Crippen LogP contribution in [-0.4, -0.2) is 6.03 Å². The molecule has 0 atom stereocenters. The Morgan fingerprint density at radius 1 is 0.737 bits per heavy atom. The summed E-state index contributed by atoms with van der Waals surface area (Å²) in [5.74, 6) is 0. The fourth-order valence-corrected chi connectivity index (χ4v) is 1.98. The molecule has 0 aromatic heterocycles. The summed E-state index contributed by atoms with van der Waals surface area (Å²) in [6.07, 6.45) is 0. The Balaban J connectivity index is 2.03. The Morgan fingerprint density at radius 3 is 1.84 bits per heavy atom. The van der Waals surface area contributed by atoms with Gasteiger partial charge >= 0.3 is 6.03 Å². The van der Waals surface area contributed by atoms with Gasteiger partial charge in [-0.15, -0.1) is 0 Å². The van der Waals surface area contributed by atoms with E-state index >= 15 is 0 Å². The maximum absolute atomic E-state index is 11.9. The van der Waals surface area contributed by atoms with E-state index in [0.717, 1.165) is 22.5 Å². The molecule has 2 aromatic rings. The number of carbonyl (C=O) groups excluding carboxylic acids is 1. The standard InChI is InChI=1S/C16H18N2O/c1-11-4-6-14(7-5-11)17-16(19)18-15-9-12(2)8-13(3)10-15/h4-10H,1-3H3,(H2,17,18,19). The SMILES string of the molecule is Cc1ccc(NC(=O)Nc2cc(C)cc(C)c2)cc1. The molecule has 0 heterocycles. The van der Waals surface area contributed by atoms with Crippen LogP contribution >= 0.6 is 0 Å². The summed E-state index contributed by atoms with van der Waals surface area (Å²) < 4.78 is 0. The van der Waals surface area contributed by atoms with Crippen LogP contribution < -0.4 is 10.6 Å². The first-order chi connectivity index (χ1) is 9.02. The minimum atomic E-state index is -0.228. The second kappa shape index (κ2) is 5.57. The molecule has 3 nitrogen and oxygen atoms in total. The fourth-order valence-electron chi connectivity index (χ4n) is 1.98. The Hall–Kier alpha value is -2.29. The van der Waals surface area contributed by atoms with Crippen LogP contribution in [0.15, 0.2) is 42.5 Å². The topological polar surface area (TPSA) is 41.1 Å². The van der Waals surface area contributed by atoms with Crippen molar-refractivity contribution in [2.75, 3.05) is 10.6 Å². The minimum Gasteiger partial charge on any atom is -0.308 e. The highest BCUT2D eigenvalue weighted by Gasteiger charge is 2.03. The molecule has 2 rings (SSSR count). The first-order valence-electron chi connectivity index (χ1n) is 6.26. The summed E-state index contributed by atoms with van der Waals surface area (Å²) in [6, 6.07) is 13.4. The third-order valence-electron chi connectivity index (χ3n) is 2.79. The van der Waals surface area contributed by atoms with Crippen molar-refractivity contribution in [3.63, 3.8) is 0 Å². The molecule has 0 fully saturated rings. The van der Waals surface area contributed by atoms with Crippen molar-refractivity contribution in [2.45, 2.75) is 20.8 Å². The van der Waals surface area contributed by atoms with Crippen LogP contribution in [0.5, 0.6) is 0 Å². The van der Waals surface area contributed by atoms with Gasteiger partial charge in [-0.05, 0) is 56.2 Å². The van der Waals surface area contributed by atoms with Crippen LogP contribution in [-0.2, 0) is 0 Å². The van der Waals surface area contributed by atoms with Gasteiger partial charge in [0.05, 0.1) is 0 Å². The molecular formula is C16H18N2O. The molecule has 0 unspecified atom stereocenters. The lowest BCUT2D eigenvalue weighted by atomic mass is 10.1. The molecule has 2 N–H and O–H groups in total. The van der Waals surface area contributed by atoms with Crippen molar-refractivity contribution >= 4 is 17.4 Å². The molecule has 98 valence electrons. The first kappa shape index (κ1) is 13.1. The average molecular weight is 254 g/mol. The van der Waals surface area contributed by atoms with E-state index in [1.807, 2.05) is 57.2 Å². The first-order valence-corrected chi connectivity index (χ1v) is 6.26. The van der Waals surface area contributed by atoms with Gasteiger partial charge in [-0.2, -0.15) is 0 Å². The van der Waals surface area contributed by atoms with Gasteiger partial charge < -0.3 is 10.6 Å². The van der Waals surface area contributed by atoms with Crippen molar-refractivity contribution in [2.24, 2.45) is 0 Å². The second-order valence-corrected chi connectivity index (χ2v) is 4.82. The molecule has 0 bridgehead atoms. The number of hydrogen-bond acceptors (Lipinski definition) is 1. The molecule has 0 spiro atoms. The molecule has 2 amide bonds. The van der Waals surface area contributed by atoms with Crippen molar-refractivity contribution in [1.29, 1.82) is 0 Å². The van der Waals surface area contributed by atoms with E-state index in [9.17, 15) is 4.79 Å². The van der Waals surface area contributed by atoms with E-state index in [1.165, 1.54) is 5.56 Å². The molecule has 0 saturated heterocycles. The van der Waals surface area contributed by atoms with Gasteiger partial charge in [0.25, 0.3) is 0 Å². The fraction of sp³-hybridized carbons (Fsp3) is 0.188. The van der Waals surface area contributed by atoms with Crippen LogP contribution in [0.25, 0.3) is 0 Å². The number of nitrogens with one attached hydrogen (secondary N) is 2. The van der Waals surface area contributed by atoms with E-state index in [0.29, 0.717) is 0 Å². The maximum Gasteiger partial charge on any atom is 0.323 e. The summed E-state index contributed by atoms with van der Waals surface area (Å²) in [5.41, 5.74) is 5.02. The molecule has 0 aliphatic heterocycles. The molecule has 0 aliphatic rings. The zero-order chi connectivity index (χ0) is 13.8. The number of anilines is 2. The molecule has 3 heteroatoms. The lowest BCUT2D eigenvalue weighted by Gasteiger charge is -2.09. The summed E-state index contributed by atoms with van der Waals surface area (Å²) in [6.45, 7) is 6.03. The Morgan fingerprint density at radius 2 is 1.26 bits per heavy atom. The highest BCUT2D eigenvalue weighted by Crippen LogP contribution is 2.14. The minimum absolute atomic E-state index is 0.228. The molecule has 0 saturated carbocycles. The van der Waals surface area contributed by atoms with Gasteiger partial charge in [-0.25, -0.2) is 4.79 Å². The number of urea groups is 1. The van der Waals surface area contributed by atoms with Crippen LogP contribution in [0.1, 0.15) is 16.7 Å². The van der Waals surface area contributed by atoms with E-state index in [4.69, 9.17) is 0 Å². The Bertz CT molecular complexity index is 568. The number of rotatable bonds is 2. The smallest absolute Gasteiger partial charge is 0.308 e. The number of benzene rings is 2. The molecule has 0 radical (unpaired) electrons. The summed E-state index contributed by atoms with van der Waals surface area (Å²) in [4.78, 5) is 11.9. The van der Waals surface area contributed by atoms with Gasteiger partial charge in [-0.3, -0.25) is 0 Å². The van der Waals surface area contributed by atoms with E-state index in [2.05, 4.69) is 16.7 Å². The lowest BCUT2D eigenvalue weighted by Crippen LogP contribution is -2.19. The quantitative estimate of drug-likeness (QED) is 0.826. The van der Waals surface area contributed by atoms with Crippen molar-refractivity contribution in [3.05, 3.63) is 59.2 Å². The molecular weight excluding hydrogens is 236 g/mol. The number of hydrogen-bond donors (Lipinski definition) is 2.